The SMILES string of the molecule is O=S1(=O)CC[C@H](N(CCS(=O)(=O)c2ccccc2)C2CC2)C1. The molecule has 122 valence electrons. The smallest absolute Gasteiger partial charge is 0.179 e. The maximum atomic E-state index is 12.4. The first-order chi connectivity index (χ1) is 10.4. The fourth-order valence-electron chi connectivity index (χ4n) is 3.08. The Morgan fingerprint density at radius 3 is 2.27 bits per heavy atom. The van der Waals surface area contributed by atoms with E-state index in [4.69, 9.17) is 0 Å². The van der Waals surface area contributed by atoms with Crippen LogP contribution in [0.1, 0.15) is 19.3 Å². The monoisotopic (exact) mass is 343 g/mol. The maximum Gasteiger partial charge on any atom is 0.179 e. The Hall–Kier alpha value is -0.920. The van der Waals surface area contributed by atoms with Crippen LogP contribution >= 0.6 is 0 Å². The summed E-state index contributed by atoms with van der Waals surface area (Å²) in [5.74, 6) is 0.450. The second kappa shape index (κ2) is 5.94. The third-order valence-electron chi connectivity index (χ3n) is 4.41. The van der Waals surface area contributed by atoms with Crippen molar-refractivity contribution in [3.05, 3.63) is 30.3 Å². The first-order valence-electron chi connectivity index (χ1n) is 7.61. The Labute approximate surface area is 132 Å². The molecule has 2 fully saturated rings. The van der Waals surface area contributed by atoms with Crippen LogP contribution in [0.25, 0.3) is 0 Å². The van der Waals surface area contributed by atoms with Crippen molar-refractivity contribution in [2.45, 2.75) is 36.2 Å². The quantitative estimate of drug-likeness (QED) is 0.774. The Morgan fingerprint density at radius 1 is 1.05 bits per heavy atom. The van der Waals surface area contributed by atoms with Gasteiger partial charge in [0.05, 0.1) is 22.2 Å². The number of benzene rings is 1. The second-order valence-corrected chi connectivity index (χ2v) is 10.5. The van der Waals surface area contributed by atoms with Crippen LogP contribution in [-0.4, -0.2) is 57.6 Å². The van der Waals surface area contributed by atoms with Crippen molar-refractivity contribution in [1.82, 2.24) is 4.90 Å². The van der Waals surface area contributed by atoms with Gasteiger partial charge in [0.15, 0.2) is 19.7 Å². The van der Waals surface area contributed by atoms with Crippen molar-refractivity contribution < 1.29 is 16.8 Å². The van der Waals surface area contributed by atoms with Crippen molar-refractivity contribution in [2.24, 2.45) is 0 Å². The normalized spacial score (nSPS) is 24.7. The van der Waals surface area contributed by atoms with Gasteiger partial charge in [-0.1, -0.05) is 18.2 Å². The molecule has 0 aromatic heterocycles. The fraction of sp³-hybridized carbons (Fsp3) is 0.600. The van der Waals surface area contributed by atoms with E-state index in [0.29, 0.717) is 23.9 Å². The maximum absolute atomic E-state index is 12.4. The zero-order valence-electron chi connectivity index (χ0n) is 12.4. The summed E-state index contributed by atoms with van der Waals surface area (Å²) in [4.78, 5) is 2.45. The van der Waals surface area contributed by atoms with Crippen molar-refractivity contribution in [3.8, 4) is 0 Å². The van der Waals surface area contributed by atoms with Crippen LogP contribution in [0.4, 0.5) is 0 Å². The Kier molecular flexibility index (Phi) is 4.31. The predicted octanol–water partition coefficient (Wildman–Crippen LogP) is 1.11. The molecule has 0 spiro atoms. The van der Waals surface area contributed by atoms with Crippen molar-refractivity contribution in [1.29, 1.82) is 0 Å². The standard InChI is InChI=1S/C15H21NO4S2/c17-21(18)10-8-14(12-21)16(13-6-7-13)9-11-22(19,20)15-4-2-1-3-5-15/h1-5,13-14H,6-12H2/t14-/m0/s1. The lowest BCUT2D eigenvalue weighted by Crippen LogP contribution is -2.41. The van der Waals surface area contributed by atoms with Gasteiger partial charge in [-0.25, -0.2) is 16.8 Å². The average Bonchev–Trinajstić information content (AvgIpc) is 3.24. The van der Waals surface area contributed by atoms with Gasteiger partial charge >= 0.3 is 0 Å². The molecule has 1 atom stereocenters. The lowest BCUT2D eigenvalue weighted by atomic mass is 10.2. The lowest BCUT2D eigenvalue weighted by Gasteiger charge is -2.27. The van der Waals surface area contributed by atoms with Crippen molar-refractivity contribution in [3.63, 3.8) is 0 Å². The van der Waals surface area contributed by atoms with Gasteiger partial charge in [-0.15, -0.1) is 0 Å². The summed E-state index contributed by atoms with van der Waals surface area (Å²) in [6.07, 6.45) is 2.72. The minimum absolute atomic E-state index is 0.0107. The summed E-state index contributed by atoms with van der Waals surface area (Å²) in [5, 5.41) is 0. The molecule has 7 heteroatoms. The van der Waals surface area contributed by atoms with Crippen LogP contribution in [-0.2, 0) is 19.7 Å². The van der Waals surface area contributed by atoms with Crippen LogP contribution in [0, 0.1) is 0 Å². The molecule has 0 radical (unpaired) electrons. The van der Waals surface area contributed by atoms with Crippen LogP contribution in [0.2, 0.25) is 0 Å². The first-order valence-corrected chi connectivity index (χ1v) is 11.1. The van der Waals surface area contributed by atoms with Gasteiger partial charge in [-0.05, 0) is 31.4 Å². The predicted molar refractivity (Wildman–Crippen MR) is 85.3 cm³/mol. The van der Waals surface area contributed by atoms with E-state index >= 15 is 0 Å². The summed E-state index contributed by atoms with van der Waals surface area (Å²) in [7, 11) is -6.25. The Balaban J connectivity index is 1.68. The number of nitrogens with zero attached hydrogens (tertiary/aromatic N) is 1. The van der Waals surface area contributed by atoms with E-state index in [-0.39, 0.29) is 23.3 Å². The van der Waals surface area contributed by atoms with Gasteiger partial charge in [0, 0.05) is 18.6 Å². The first kappa shape index (κ1) is 16.0. The molecular formula is C15H21NO4S2. The largest absolute Gasteiger partial charge is 0.295 e. The van der Waals surface area contributed by atoms with Crippen LogP contribution in [0.5, 0.6) is 0 Å². The fourth-order valence-corrected chi connectivity index (χ4v) is 6.08. The highest BCUT2D eigenvalue weighted by atomic mass is 32.2. The third kappa shape index (κ3) is 3.70. The highest BCUT2D eigenvalue weighted by molar-refractivity contribution is 7.91. The van der Waals surface area contributed by atoms with Gasteiger partial charge in [0.2, 0.25) is 0 Å². The average molecular weight is 343 g/mol. The molecule has 0 unspecified atom stereocenters. The highest BCUT2D eigenvalue weighted by Crippen LogP contribution is 2.32. The molecule has 22 heavy (non-hydrogen) atoms. The summed E-state index contributed by atoms with van der Waals surface area (Å²) in [6, 6.07) is 8.80. The molecular weight excluding hydrogens is 322 g/mol. The number of hydrogen-bond acceptors (Lipinski definition) is 5. The molecule has 1 saturated carbocycles. The summed E-state index contributed by atoms with van der Waals surface area (Å²) in [5.41, 5.74) is 0. The van der Waals surface area contributed by atoms with Gasteiger partial charge in [0.25, 0.3) is 0 Å². The molecule has 0 amide bonds. The van der Waals surface area contributed by atoms with E-state index in [1.54, 1.807) is 30.3 Å². The van der Waals surface area contributed by atoms with Crippen LogP contribution < -0.4 is 0 Å². The number of hydrogen-bond donors (Lipinski definition) is 0. The van der Waals surface area contributed by atoms with Gasteiger partial charge in [-0.3, -0.25) is 4.90 Å². The number of sulfone groups is 2. The van der Waals surface area contributed by atoms with Gasteiger partial charge < -0.3 is 0 Å². The van der Waals surface area contributed by atoms with Crippen molar-refractivity contribution >= 4 is 19.7 Å². The number of rotatable bonds is 6. The van der Waals surface area contributed by atoms with E-state index in [1.165, 1.54) is 0 Å². The minimum atomic E-state index is -3.31. The molecule has 1 aliphatic carbocycles. The second-order valence-electron chi connectivity index (χ2n) is 6.16. The van der Waals surface area contributed by atoms with E-state index in [1.807, 2.05) is 0 Å². The third-order valence-corrected chi connectivity index (χ3v) is 7.87. The topological polar surface area (TPSA) is 71.5 Å². The molecule has 3 rings (SSSR count). The van der Waals surface area contributed by atoms with E-state index in [0.717, 1.165) is 12.8 Å². The molecule has 0 N–H and O–H groups in total. The molecule has 0 bridgehead atoms. The minimum Gasteiger partial charge on any atom is -0.295 e. The summed E-state index contributed by atoms with van der Waals surface area (Å²) in [6.45, 7) is 0.419. The summed E-state index contributed by atoms with van der Waals surface area (Å²) < 4.78 is 48.1. The Morgan fingerprint density at radius 2 is 1.73 bits per heavy atom. The lowest BCUT2D eigenvalue weighted by molar-refractivity contribution is 0.214. The highest BCUT2D eigenvalue weighted by Gasteiger charge is 2.39. The van der Waals surface area contributed by atoms with E-state index in [9.17, 15) is 16.8 Å². The molecule has 1 aliphatic heterocycles. The zero-order valence-corrected chi connectivity index (χ0v) is 14.0. The van der Waals surface area contributed by atoms with Gasteiger partial charge in [0.1, 0.15) is 0 Å². The van der Waals surface area contributed by atoms with Crippen molar-refractivity contribution in [2.75, 3.05) is 23.8 Å². The van der Waals surface area contributed by atoms with E-state index in [2.05, 4.69) is 4.90 Å². The van der Waals surface area contributed by atoms with Crippen LogP contribution in [0.15, 0.2) is 35.2 Å². The molecule has 5 nitrogen and oxygen atoms in total. The molecule has 1 saturated heterocycles. The molecule has 1 aromatic rings. The van der Waals surface area contributed by atoms with Gasteiger partial charge in [-0.2, -0.15) is 0 Å². The molecule has 1 heterocycles. The Bertz CT molecular complexity index is 724. The van der Waals surface area contributed by atoms with Crippen LogP contribution in [0.3, 0.4) is 0 Å². The molecule has 1 aromatic carbocycles. The molecule has 2 aliphatic rings. The summed E-state index contributed by atoms with van der Waals surface area (Å²) >= 11 is 0. The zero-order chi connectivity index (χ0) is 15.8. The van der Waals surface area contributed by atoms with E-state index < -0.39 is 19.7 Å².